The number of benzene rings is 1. The van der Waals surface area contributed by atoms with Crippen molar-refractivity contribution in [3.63, 3.8) is 0 Å². The topological polar surface area (TPSA) is 46.9 Å². The van der Waals surface area contributed by atoms with Gasteiger partial charge in [0.05, 0.1) is 12.1 Å². The van der Waals surface area contributed by atoms with Crippen LogP contribution >= 0.6 is 0 Å². The van der Waals surface area contributed by atoms with E-state index in [0.717, 1.165) is 28.9 Å². The van der Waals surface area contributed by atoms with E-state index in [4.69, 9.17) is 0 Å². The average molecular weight is 313 g/mol. The van der Waals surface area contributed by atoms with Crippen LogP contribution in [0.3, 0.4) is 0 Å². The van der Waals surface area contributed by atoms with Gasteiger partial charge in [-0.2, -0.15) is 5.10 Å². The summed E-state index contributed by atoms with van der Waals surface area (Å²) in [5.74, 6) is 0.0744. The molecule has 1 atom stereocenters. The van der Waals surface area contributed by atoms with Gasteiger partial charge in [0.2, 0.25) is 5.91 Å². The first kappa shape index (κ1) is 17.3. The molecule has 0 aliphatic heterocycles. The number of carbonyl (C=O) groups excluding carboxylic acids is 1. The van der Waals surface area contributed by atoms with Gasteiger partial charge in [-0.15, -0.1) is 0 Å². The van der Waals surface area contributed by atoms with E-state index in [0.29, 0.717) is 6.42 Å². The van der Waals surface area contributed by atoms with E-state index < -0.39 is 0 Å². The number of rotatable bonds is 5. The van der Waals surface area contributed by atoms with Crippen LogP contribution in [0.15, 0.2) is 18.2 Å². The lowest BCUT2D eigenvalue weighted by atomic mass is 10.0. The second-order valence-corrected chi connectivity index (χ2v) is 6.55. The lowest BCUT2D eigenvalue weighted by molar-refractivity contribution is -0.121. The van der Waals surface area contributed by atoms with Gasteiger partial charge >= 0.3 is 0 Å². The van der Waals surface area contributed by atoms with Crippen LogP contribution in [0, 0.1) is 27.7 Å². The summed E-state index contributed by atoms with van der Waals surface area (Å²) in [5, 5.41) is 7.55. The highest BCUT2D eigenvalue weighted by atomic mass is 16.1. The van der Waals surface area contributed by atoms with Gasteiger partial charge < -0.3 is 5.32 Å². The van der Waals surface area contributed by atoms with Crippen LogP contribution in [0.4, 0.5) is 0 Å². The van der Waals surface area contributed by atoms with Crippen molar-refractivity contribution in [2.45, 2.75) is 53.5 Å². The van der Waals surface area contributed by atoms with Crippen LogP contribution in [0.5, 0.6) is 0 Å². The van der Waals surface area contributed by atoms with Crippen molar-refractivity contribution in [2.24, 2.45) is 7.05 Å². The maximum absolute atomic E-state index is 12.3. The molecule has 2 rings (SSSR count). The Kier molecular flexibility index (Phi) is 5.24. The summed E-state index contributed by atoms with van der Waals surface area (Å²) in [6.07, 6.45) is 1.24. The standard InChI is InChI=1S/C19H27N3O/c1-12-7-8-13(2)17(9-12)11-19(23)20-14(3)10-18-15(4)21-22(6)16(18)5/h7-9,14H,10-11H2,1-6H3,(H,20,23)/t14-/m0/s1. The zero-order chi connectivity index (χ0) is 17.1. The van der Waals surface area contributed by atoms with Gasteiger partial charge in [0.25, 0.3) is 0 Å². The van der Waals surface area contributed by atoms with Gasteiger partial charge in [0, 0.05) is 18.8 Å². The van der Waals surface area contributed by atoms with Crippen molar-refractivity contribution in [3.8, 4) is 0 Å². The predicted molar refractivity (Wildman–Crippen MR) is 93.6 cm³/mol. The van der Waals surface area contributed by atoms with Crippen molar-refractivity contribution >= 4 is 5.91 Å². The molecule has 1 N–H and O–H groups in total. The van der Waals surface area contributed by atoms with E-state index in [-0.39, 0.29) is 11.9 Å². The third-order valence-corrected chi connectivity index (χ3v) is 4.43. The molecule has 1 amide bonds. The van der Waals surface area contributed by atoms with Crippen LogP contribution < -0.4 is 5.32 Å². The summed E-state index contributed by atoms with van der Waals surface area (Å²) in [7, 11) is 1.95. The minimum atomic E-state index is 0.0744. The molecule has 2 aromatic rings. The van der Waals surface area contributed by atoms with Gasteiger partial charge in [-0.3, -0.25) is 9.48 Å². The van der Waals surface area contributed by atoms with E-state index >= 15 is 0 Å². The fourth-order valence-corrected chi connectivity index (χ4v) is 2.96. The van der Waals surface area contributed by atoms with Crippen molar-refractivity contribution in [1.82, 2.24) is 15.1 Å². The van der Waals surface area contributed by atoms with E-state index in [1.807, 2.05) is 32.5 Å². The Balaban J connectivity index is 1.98. The largest absolute Gasteiger partial charge is 0.353 e. The van der Waals surface area contributed by atoms with Gasteiger partial charge in [-0.25, -0.2) is 0 Å². The Bertz CT molecular complexity index is 716. The Labute approximate surface area is 138 Å². The zero-order valence-electron chi connectivity index (χ0n) is 15.0. The molecule has 1 aromatic carbocycles. The molecule has 0 saturated heterocycles. The summed E-state index contributed by atoms with van der Waals surface area (Å²) in [4.78, 5) is 12.3. The normalized spacial score (nSPS) is 12.3. The molecule has 0 radical (unpaired) electrons. The summed E-state index contributed by atoms with van der Waals surface area (Å²) in [6, 6.07) is 6.33. The van der Waals surface area contributed by atoms with Gasteiger partial charge in [0.15, 0.2) is 0 Å². The van der Waals surface area contributed by atoms with Crippen LogP contribution in [0.25, 0.3) is 0 Å². The number of aromatic nitrogens is 2. The molecule has 0 unspecified atom stereocenters. The minimum Gasteiger partial charge on any atom is -0.353 e. The molecule has 1 aromatic heterocycles. The monoisotopic (exact) mass is 313 g/mol. The quantitative estimate of drug-likeness (QED) is 0.922. The van der Waals surface area contributed by atoms with E-state index in [2.05, 4.69) is 42.5 Å². The smallest absolute Gasteiger partial charge is 0.224 e. The Hall–Kier alpha value is -2.10. The number of nitrogens with zero attached hydrogens (tertiary/aromatic N) is 2. The van der Waals surface area contributed by atoms with Crippen molar-refractivity contribution < 1.29 is 4.79 Å². The first-order valence-electron chi connectivity index (χ1n) is 8.12. The van der Waals surface area contributed by atoms with Crippen molar-refractivity contribution in [2.75, 3.05) is 0 Å². The Morgan fingerprint density at radius 1 is 1.26 bits per heavy atom. The number of hydrogen-bond acceptors (Lipinski definition) is 2. The molecule has 4 nitrogen and oxygen atoms in total. The minimum absolute atomic E-state index is 0.0744. The molecule has 0 fully saturated rings. The maximum Gasteiger partial charge on any atom is 0.224 e. The second kappa shape index (κ2) is 6.99. The highest BCUT2D eigenvalue weighted by Crippen LogP contribution is 2.15. The van der Waals surface area contributed by atoms with E-state index in [1.165, 1.54) is 11.1 Å². The van der Waals surface area contributed by atoms with Crippen LogP contribution in [-0.2, 0) is 24.7 Å². The van der Waals surface area contributed by atoms with Gasteiger partial charge in [0.1, 0.15) is 0 Å². The lowest BCUT2D eigenvalue weighted by Crippen LogP contribution is -2.35. The fraction of sp³-hybridized carbons (Fsp3) is 0.474. The third-order valence-electron chi connectivity index (χ3n) is 4.43. The molecule has 0 bridgehead atoms. The lowest BCUT2D eigenvalue weighted by Gasteiger charge is -2.15. The van der Waals surface area contributed by atoms with E-state index in [9.17, 15) is 4.79 Å². The first-order chi connectivity index (χ1) is 10.8. The average Bonchev–Trinajstić information content (AvgIpc) is 2.69. The maximum atomic E-state index is 12.3. The fourth-order valence-electron chi connectivity index (χ4n) is 2.96. The van der Waals surface area contributed by atoms with Crippen LogP contribution in [-0.4, -0.2) is 21.7 Å². The second-order valence-electron chi connectivity index (χ2n) is 6.55. The molecule has 0 spiro atoms. The molecule has 4 heteroatoms. The Morgan fingerprint density at radius 2 is 1.96 bits per heavy atom. The summed E-state index contributed by atoms with van der Waals surface area (Å²) in [5.41, 5.74) is 6.89. The van der Waals surface area contributed by atoms with Crippen LogP contribution in [0.1, 0.15) is 40.6 Å². The Morgan fingerprint density at radius 3 is 2.57 bits per heavy atom. The molecule has 124 valence electrons. The van der Waals surface area contributed by atoms with Crippen molar-refractivity contribution in [3.05, 3.63) is 51.8 Å². The summed E-state index contributed by atoms with van der Waals surface area (Å²) >= 11 is 0. The summed E-state index contributed by atoms with van der Waals surface area (Å²) < 4.78 is 1.90. The number of nitrogens with one attached hydrogen (secondary N) is 1. The molecule has 0 aliphatic carbocycles. The number of hydrogen-bond donors (Lipinski definition) is 1. The van der Waals surface area contributed by atoms with E-state index in [1.54, 1.807) is 0 Å². The molecule has 23 heavy (non-hydrogen) atoms. The van der Waals surface area contributed by atoms with Crippen molar-refractivity contribution in [1.29, 1.82) is 0 Å². The number of aryl methyl sites for hydroxylation is 4. The molecular weight excluding hydrogens is 286 g/mol. The molecule has 1 heterocycles. The highest BCUT2D eigenvalue weighted by Gasteiger charge is 2.15. The zero-order valence-corrected chi connectivity index (χ0v) is 15.0. The molecule has 0 saturated carbocycles. The highest BCUT2D eigenvalue weighted by molar-refractivity contribution is 5.79. The first-order valence-corrected chi connectivity index (χ1v) is 8.12. The predicted octanol–water partition coefficient (Wildman–Crippen LogP) is 2.94. The number of carbonyl (C=O) groups is 1. The van der Waals surface area contributed by atoms with Gasteiger partial charge in [-0.1, -0.05) is 23.8 Å². The SMILES string of the molecule is Cc1ccc(C)c(CC(=O)N[C@@H](C)Cc2c(C)nn(C)c2C)c1. The third kappa shape index (κ3) is 4.21. The van der Waals surface area contributed by atoms with Gasteiger partial charge in [-0.05, 0) is 57.7 Å². The van der Waals surface area contributed by atoms with Crippen LogP contribution in [0.2, 0.25) is 0 Å². The number of amides is 1. The molecular formula is C19H27N3O. The summed E-state index contributed by atoms with van der Waals surface area (Å²) in [6.45, 7) is 10.2. The molecule has 0 aliphatic rings.